The van der Waals surface area contributed by atoms with Gasteiger partial charge in [-0.1, -0.05) is 36.4 Å². The van der Waals surface area contributed by atoms with E-state index in [-0.39, 0.29) is 39.7 Å². The molecular formula is C20H12N2O4. The van der Waals surface area contributed by atoms with E-state index in [2.05, 4.69) is 0 Å². The van der Waals surface area contributed by atoms with Crippen LogP contribution in [0.3, 0.4) is 0 Å². The summed E-state index contributed by atoms with van der Waals surface area (Å²) in [7, 11) is 0. The van der Waals surface area contributed by atoms with E-state index in [0.717, 1.165) is 0 Å². The van der Waals surface area contributed by atoms with Crippen molar-refractivity contribution in [3.05, 3.63) is 88.0 Å². The summed E-state index contributed by atoms with van der Waals surface area (Å²) in [6.07, 6.45) is 0. The fourth-order valence-corrected chi connectivity index (χ4v) is 3.34. The Morgan fingerprint density at radius 1 is 1.04 bits per heavy atom. The lowest BCUT2D eigenvalue weighted by atomic mass is 9.75. The zero-order valence-electron chi connectivity index (χ0n) is 13.4. The van der Waals surface area contributed by atoms with Crippen LogP contribution in [0.4, 0.5) is 0 Å². The molecule has 0 amide bonds. The Balaban J connectivity index is 1.99. The summed E-state index contributed by atoms with van der Waals surface area (Å²) in [4.78, 5) is 25.9. The summed E-state index contributed by atoms with van der Waals surface area (Å²) in [6.45, 7) is 0. The second-order valence-electron chi connectivity index (χ2n) is 5.97. The Hall–Kier alpha value is -3.85. The molecule has 4 rings (SSSR count). The number of Topliss-reactive ketones (excluding diaryl/α,β-unsaturated/α-hetero) is 2. The molecule has 0 spiro atoms. The number of allylic oxidation sites excluding steroid dienone is 3. The van der Waals surface area contributed by atoms with Gasteiger partial charge in [-0.25, -0.2) is 0 Å². The van der Waals surface area contributed by atoms with Crippen molar-refractivity contribution >= 4 is 11.6 Å². The first kappa shape index (κ1) is 15.7. The summed E-state index contributed by atoms with van der Waals surface area (Å²) >= 11 is 0. The van der Waals surface area contributed by atoms with Gasteiger partial charge < -0.3 is 15.6 Å². The average molecular weight is 344 g/mol. The SMILES string of the molecule is N#CC1=C(N)OC2=C(C(=O)c3ccccc3C2=O)C1c1cccc(O)c1. The third-order valence-corrected chi connectivity index (χ3v) is 4.49. The van der Waals surface area contributed by atoms with E-state index in [4.69, 9.17) is 10.5 Å². The van der Waals surface area contributed by atoms with Gasteiger partial charge in [-0.2, -0.15) is 5.26 Å². The van der Waals surface area contributed by atoms with E-state index in [1.54, 1.807) is 36.4 Å². The maximum absolute atomic E-state index is 13.1. The molecule has 0 saturated carbocycles. The molecule has 0 saturated heterocycles. The highest BCUT2D eigenvalue weighted by Crippen LogP contribution is 2.44. The first-order valence-electron chi connectivity index (χ1n) is 7.82. The average Bonchev–Trinajstić information content (AvgIpc) is 2.65. The van der Waals surface area contributed by atoms with Crippen LogP contribution in [0.1, 0.15) is 32.2 Å². The maximum atomic E-state index is 13.1. The van der Waals surface area contributed by atoms with E-state index < -0.39 is 17.5 Å². The molecule has 0 radical (unpaired) electrons. The van der Waals surface area contributed by atoms with Gasteiger partial charge in [-0.3, -0.25) is 9.59 Å². The smallest absolute Gasteiger partial charge is 0.229 e. The topological polar surface area (TPSA) is 113 Å². The van der Waals surface area contributed by atoms with Crippen molar-refractivity contribution < 1.29 is 19.4 Å². The largest absolute Gasteiger partial charge is 0.508 e. The second kappa shape index (κ2) is 5.60. The van der Waals surface area contributed by atoms with Gasteiger partial charge in [0.05, 0.1) is 11.5 Å². The number of carbonyl (C=O) groups is 2. The Morgan fingerprint density at radius 2 is 1.73 bits per heavy atom. The Labute approximate surface area is 148 Å². The van der Waals surface area contributed by atoms with Crippen molar-refractivity contribution in [2.75, 3.05) is 0 Å². The van der Waals surface area contributed by atoms with Crippen LogP contribution in [0, 0.1) is 11.3 Å². The number of nitriles is 1. The number of hydrogen-bond acceptors (Lipinski definition) is 6. The van der Waals surface area contributed by atoms with Gasteiger partial charge in [-0.05, 0) is 17.7 Å². The number of phenolic OH excluding ortho intramolecular Hbond substituents is 1. The number of hydrogen-bond donors (Lipinski definition) is 2. The van der Waals surface area contributed by atoms with Gasteiger partial charge in [0.2, 0.25) is 11.7 Å². The molecule has 0 fully saturated rings. The zero-order valence-corrected chi connectivity index (χ0v) is 13.4. The lowest BCUT2D eigenvalue weighted by Crippen LogP contribution is -2.32. The molecule has 26 heavy (non-hydrogen) atoms. The molecule has 2 aliphatic rings. The summed E-state index contributed by atoms with van der Waals surface area (Å²) < 4.78 is 5.40. The maximum Gasteiger partial charge on any atom is 0.229 e. The number of rotatable bonds is 1. The Morgan fingerprint density at radius 3 is 2.38 bits per heavy atom. The molecule has 1 aliphatic heterocycles. The number of ether oxygens (including phenoxy) is 1. The van der Waals surface area contributed by atoms with E-state index in [1.165, 1.54) is 12.1 Å². The number of ketones is 2. The minimum atomic E-state index is -0.888. The van der Waals surface area contributed by atoms with Crippen LogP contribution in [-0.2, 0) is 4.74 Å². The molecule has 6 heteroatoms. The third-order valence-electron chi connectivity index (χ3n) is 4.49. The number of fused-ring (bicyclic) bond motifs is 1. The molecule has 2 aromatic carbocycles. The number of phenols is 1. The van der Waals surface area contributed by atoms with Crippen molar-refractivity contribution in [3.63, 3.8) is 0 Å². The van der Waals surface area contributed by atoms with Crippen LogP contribution in [0.25, 0.3) is 0 Å². The summed E-state index contributed by atoms with van der Waals surface area (Å²) in [5.74, 6) is -2.16. The lowest BCUT2D eigenvalue weighted by Gasteiger charge is -2.30. The highest BCUT2D eigenvalue weighted by atomic mass is 16.5. The first-order valence-corrected chi connectivity index (χ1v) is 7.82. The number of aromatic hydroxyl groups is 1. The van der Waals surface area contributed by atoms with Crippen LogP contribution in [0.5, 0.6) is 5.75 Å². The van der Waals surface area contributed by atoms with Gasteiger partial charge in [0.1, 0.15) is 17.4 Å². The quantitative estimate of drug-likeness (QED) is 0.822. The highest BCUT2D eigenvalue weighted by molar-refractivity contribution is 6.27. The molecule has 126 valence electrons. The Bertz CT molecular complexity index is 1090. The van der Waals surface area contributed by atoms with Gasteiger partial charge in [0.15, 0.2) is 11.5 Å². The first-order chi connectivity index (χ1) is 12.5. The van der Waals surface area contributed by atoms with E-state index >= 15 is 0 Å². The predicted octanol–water partition coefficient (Wildman–Crippen LogP) is 2.53. The normalized spacial score (nSPS) is 18.8. The van der Waals surface area contributed by atoms with Crippen LogP contribution in [-0.4, -0.2) is 16.7 Å². The molecular weight excluding hydrogens is 332 g/mol. The van der Waals surface area contributed by atoms with Crippen LogP contribution in [0.2, 0.25) is 0 Å². The number of carbonyl (C=O) groups excluding carboxylic acids is 2. The minimum absolute atomic E-state index is 0.0230. The third kappa shape index (κ3) is 2.11. The van der Waals surface area contributed by atoms with Gasteiger partial charge in [-0.15, -0.1) is 0 Å². The lowest BCUT2D eigenvalue weighted by molar-refractivity contribution is 0.0897. The molecule has 1 unspecified atom stereocenters. The predicted molar refractivity (Wildman–Crippen MR) is 90.9 cm³/mol. The second-order valence-corrected chi connectivity index (χ2v) is 5.97. The molecule has 3 N–H and O–H groups in total. The number of nitrogens with zero attached hydrogens (tertiary/aromatic N) is 1. The van der Waals surface area contributed by atoms with Crippen LogP contribution < -0.4 is 5.73 Å². The molecule has 1 atom stereocenters. The summed E-state index contributed by atoms with van der Waals surface area (Å²) in [6, 6.07) is 14.6. The van der Waals surface area contributed by atoms with Crippen molar-refractivity contribution in [1.29, 1.82) is 5.26 Å². The molecule has 0 bridgehead atoms. The van der Waals surface area contributed by atoms with Crippen molar-refractivity contribution in [3.8, 4) is 11.8 Å². The van der Waals surface area contributed by atoms with E-state index in [0.29, 0.717) is 5.56 Å². The summed E-state index contributed by atoms with van der Waals surface area (Å²) in [5.41, 5.74) is 6.91. The van der Waals surface area contributed by atoms with Gasteiger partial charge >= 0.3 is 0 Å². The fraction of sp³-hybridized carbons (Fsp3) is 0.0500. The highest BCUT2D eigenvalue weighted by Gasteiger charge is 2.43. The summed E-state index contributed by atoms with van der Waals surface area (Å²) in [5, 5.41) is 19.4. The molecule has 1 heterocycles. The Kier molecular flexibility index (Phi) is 3.38. The van der Waals surface area contributed by atoms with E-state index in [9.17, 15) is 20.0 Å². The van der Waals surface area contributed by atoms with Crippen LogP contribution in [0.15, 0.2) is 71.3 Å². The van der Waals surface area contributed by atoms with Gasteiger partial charge in [0.25, 0.3) is 0 Å². The monoisotopic (exact) mass is 344 g/mol. The standard InChI is InChI=1S/C20H12N2O4/c21-9-14-15(10-4-3-5-11(23)8-10)16-17(24)12-6-1-2-7-13(12)18(25)19(16)26-20(14)22/h1-8,15,23H,22H2. The minimum Gasteiger partial charge on any atom is -0.508 e. The molecule has 6 nitrogen and oxygen atoms in total. The zero-order chi connectivity index (χ0) is 18.4. The fourth-order valence-electron chi connectivity index (χ4n) is 3.34. The van der Waals surface area contributed by atoms with Gasteiger partial charge in [0, 0.05) is 11.1 Å². The van der Waals surface area contributed by atoms with Crippen molar-refractivity contribution in [2.45, 2.75) is 5.92 Å². The molecule has 1 aliphatic carbocycles. The van der Waals surface area contributed by atoms with Crippen LogP contribution >= 0.6 is 0 Å². The molecule has 2 aromatic rings. The number of nitrogens with two attached hydrogens (primary N) is 1. The van der Waals surface area contributed by atoms with Crippen molar-refractivity contribution in [2.24, 2.45) is 5.73 Å². The number of benzene rings is 2. The van der Waals surface area contributed by atoms with Crippen molar-refractivity contribution in [1.82, 2.24) is 0 Å². The van der Waals surface area contributed by atoms with E-state index in [1.807, 2.05) is 6.07 Å². The molecule has 0 aromatic heterocycles.